The van der Waals surface area contributed by atoms with Gasteiger partial charge >= 0.3 is 0 Å². The first-order valence-electron chi connectivity index (χ1n) is 5.30. The molecule has 0 aliphatic rings. The Hall–Kier alpha value is 0.190. The van der Waals surface area contributed by atoms with Crippen molar-refractivity contribution in [3.63, 3.8) is 0 Å². The highest BCUT2D eigenvalue weighted by Gasteiger charge is 2.22. The van der Waals surface area contributed by atoms with E-state index in [0.717, 1.165) is 0 Å². The molecule has 3 nitrogen and oxygen atoms in total. The number of sulfonamides is 1. The van der Waals surface area contributed by atoms with E-state index in [2.05, 4.69) is 20.7 Å². The largest absolute Gasteiger partial charge is 0.240 e. The molecule has 0 aromatic heterocycles. The number of nitrogens with one attached hydrogen (secondary N) is 1. The minimum absolute atomic E-state index is 0.0756. The lowest BCUT2D eigenvalue weighted by molar-refractivity contribution is 0.484. The molecule has 1 aromatic rings. The molecule has 0 bridgehead atoms. The van der Waals surface area contributed by atoms with Gasteiger partial charge in [-0.15, -0.1) is 0 Å². The molecule has 7 heteroatoms. The standard InChI is InChI=1S/C11H14BrCl2NO2S/c1-7(2)11(6-12)15-18(16,17)10-4-8(13)3-9(14)5-10/h3-5,7,11,15H,6H2,1-2H3. The van der Waals surface area contributed by atoms with Crippen LogP contribution in [0.2, 0.25) is 10.0 Å². The van der Waals surface area contributed by atoms with Crippen molar-refractivity contribution < 1.29 is 8.42 Å². The summed E-state index contributed by atoms with van der Waals surface area (Å²) >= 11 is 14.9. The quantitative estimate of drug-likeness (QED) is 0.798. The van der Waals surface area contributed by atoms with Crippen LogP contribution in [-0.2, 0) is 10.0 Å². The third-order valence-electron chi connectivity index (χ3n) is 2.42. The van der Waals surface area contributed by atoms with Crippen LogP contribution < -0.4 is 4.72 Å². The van der Waals surface area contributed by atoms with E-state index >= 15 is 0 Å². The maximum atomic E-state index is 12.2. The van der Waals surface area contributed by atoms with Gasteiger partial charge in [-0.3, -0.25) is 0 Å². The van der Waals surface area contributed by atoms with E-state index in [9.17, 15) is 8.42 Å². The summed E-state index contributed by atoms with van der Waals surface area (Å²) in [5.41, 5.74) is 0. The van der Waals surface area contributed by atoms with Crippen LogP contribution in [0.4, 0.5) is 0 Å². The van der Waals surface area contributed by atoms with Crippen molar-refractivity contribution in [2.24, 2.45) is 5.92 Å². The minimum Gasteiger partial charge on any atom is -0.207 e. The Morgan fingerprint density at radius 2 is 1.72 bits per heavy atom. The first-order valence-corrected chi connectivity index (χ1v) is 8.66. The summed E-state index contributed by atoms with van der Waals surface area (Å²) in [5.74, 6) is 0.175. The van der Waals surface area contributed by atoms with Crippen LogP contribution in [0.25, 0.3) is 0 Å². The Kier molecular flexibility index (Phi) is 5.93. The van der Waals surface area contributed by atoms with Gasteiger partial charge in [0, 0.05) is 21.4 Å². The number of halogens is 3. The molecule has 1 rings (SSSR count). The summed E-state index contributed by atoms with van der Waals surface area (Å²) in [5, 5.41) is 1.13. The zero-order valence-corrected chi connectivity index (χ0v) is 13.9. The zero-order valence-electron chi connectivity index (χ0n) is 9.95. The van der Waals surface area contributed by atoms with Crippen LogP contribution in [0.3, 0.4) is 0 Å². The second-order valence-corrected chi connectivity index (χ2v) is 7.47. The molecule has 0 heterocycles. The normalized spacial score (nSPS) is 13.9. The number of hydrogen-bond donors (Lipinski definition) is 1. The molecule has 1 N–H and O–H groups in total. The molecule has 102 valence electrons. The summed E-state index contributed by atoms with van der Waals surface area (Å²) in [4.78, 5) is 0.0756. The van der Waals surface area contributed by atoms with Crippen LogP contribution >= 0.6 is 39.1 Å². The third-order valence-corrected chi connectivity index (χ3v) is 5.03. The molecule has 1 unspecified atom stereocenters. The maximum absolute atomic E-state index is 12.2. The second kappa shape index (κ2) is 6.57. The van der Waals surface area contributed by atoms with Crippen molar-refractivity contribution in [3.8, 4) is 0 Å². The molecule has 0 amide bonds. The average Bonchev–Trinajstić information content (AvgIpc) is 2.24. The van der Waals surface area contributed by atoms with Gasteiger partial charge in [0.2, 0.25) is 10.0 Å². The summed E-state index contributed by atoms with van der Waals surface area (Å²) in [6, 6.07) is 4.06. The van der Waals surface area contributed by atoms with E-state index in [1.54, 1.807) is 0 Å². The molecule has 0 aliphatic heterocycles. The van der Waals surface area contributed by atoms with Gasteiger partial charge < -0.3 is 0 Å². The zero-order chi connectivity index (χ0) is 13.9. The Bertz CT molecular complexity index is 500. The van der Waals surface area contributed by atoms with Crippen molar-refractivity contribution in [1.82, 2.24) is 4.72 Å². The molecule has 0 saturated carbocycles. The number of hydrogen-bond acceptors (Lipinski definition) is 2. The number of benzene rings is 1. The Morgan fingerprint density at radius 1 is 1.22 bits per heavy atom. The number of rotatable bonds is 5. The Balaban J connectivity index is 3.06. The van der Waals surface area contributed by atoms with Gasteiger partial charge in [-0.25, -0.2) is 13.1 Å². The molecule has 1 aromatic carbocycles. The van der Waals surface area contributed by atoms with E-state index in [1.165, 1.54) is 18.2 Å². The van der Waals surface area contributed by atoms with Gasteiger partial charge in [0.15, 0.2) is 0 Å². The van der Waals surface area contributed by atoms with E-state index in [4.69, 9.17) is 23.2 Å². The molecular weight excluding hydrogens is 361 g/mol. The first-order chi connectivity index (χ1) is 8.26. The van der Waals surface area contributed by atoms with E-state index in [-0.39, 0.29) is 16.9 Å². The van der Waals surface area contributed by atoms with Gasteiger partial charge in [0.1, 0.15) is 0 Å². The predicted octanol–water partition coefficient (Wildman–Crippen LogP) is 3.69. The molecule has 0 radical (unpaired) electrons. The highest BCUT2D eigenvalue weighted by atomic mass is 79.9. The fraction of sp³-hybridized carbons (Fsp3) is 0.455. The van der Waals surface area contributed by atoms with E-state index in [0.29, 0.717) is 15.4 Å². The van der Waals surface area contributed by atoms with Gasteiger partial charge in [0.05, 0.1) is 4.90 Å². The highest BCUT2D eigenvalue weighted by Crippen LogP contribution is 2.23. The molecule has 0 aliphatic carbocycles. The van der Waals surface area contributed by atoms with Gasteiger partial charge in [-0.1, -0.05) is 53.0 Å². The summed E-state index contributed by atoms with van der Waals surface area (Å²) in [6.45, 7) is 3.89. The van der Waals surface area contributed by atoms with Gasteiger partial charge in [-0.2, -0.15) is 0 Å². The molecular formula is C11H14BrCl2NO2S. The predicted molar refractivity (Wildman–Crippen MR) is 79.2 cm³/mol. The van der Waals surface area contributed by atoms with Crippen LogP contribution in [0.1, 0.15) is 13.8 Å². The maximum Gasteiger partial charge on any atom is 0.240 e. The fourth-order valence-electron chi connectivity index (χ4n) is 1.30. The fourth-order valence-corrected chi connectivity index (χ4v) is 4.53. The highest BCUT2D eigenvalue weighted by molar-refractivity contribution is 9.09. The Morgan fingerprint density at radius 3 is 2.11 bits per heavy atom. The molecule has 0 spiro atoms. The van der Waals surface area contributed by atoms with E-state index < -0.39 is 10.0 Å². The summed E-state index contributed by atoms with van der Waals surface area (Å²) in [6.07, 6.45) is 0. The van der Waals surface area contributed by atoms with Crippen molar-refractivity contribution in [1.29, 1.82) is 0 Å². The van der Waals surface area contributed by atoms with Crippen molar-refractivity contribution in [3.05, 3.63) is 28.2 Å². The van der Waals surface area contributed by atoms with Crippen molar-refractivity contribution >= 4 is 49.2 Å². The van der Waals surface area contributed by atoms with Crippen molar-refractivity contribution in [2.75, 3.05) is 5.33 Å². The smallest absolute Gasteiger partial charge is 0.207 e. The van der Waals surface area contributed by atoms with Crippen LogP contribution in [0.15, 0.2) is 23.1 Å². The third kappa shape index (κ3) is 4.38. The van der Waals surface area contributed by atoms with Crippen LogP contribution in [0, 0.1) is 5.92 Å². The monoisotopic (exact) mass is 373 g/mol. The topological polar surface area (TPSA) is 46.2 Å². The summed E-state index contributed by atoms with van der Waals surface area (Å²) < 4.78 is 26.9. The molecule has 0 fully saturated rings. The molecule has 1 atom stereocenters. The van der Waals surface area contributed by atoms with Crippen LogP contribution in [-0.4, -0.2) is 19.8 Å². The molecule has 18 heavy (non-hydrogen) atoms. The van der Waals surface area contributed by atoms with Crippen LogP contribution in [0.5, 0.6) is 0 Å². The SMILES string of the molecule is CC(C)C(CBr)NS(=O)(=O)c1cc(Cl)cc(Cl)c1. The lowest BCUT2D eigenvalue weighted by Gasteiger charge is -2.20. The minimum atomic E-state index is -3.61. The first kappa shape index (κ1) is 16.2. The second-order valence-electron chi connectivity index (χ2n) is 4.23. The summed E-state index contributed by atoms with van der Waals surface area (Å²) in [7, 11) is -3.61. The lowest BCUT2D eigenvalue weighted by atomic mass is 10.1. The lowest BCUT2D eigenvalue weighted by Crippen LogP contribution is -2.39. The van der Waals surface area contributed by atoms with Crippen molar-refractivity contribution in [2.45, 2.75) is 24.8 Å². The van der Waals surface area contributed by atoms with Gasteiger partial charge in [0.25, 0.3) is 0 Å². The average molecular weight is 375 g/mol. The molecule has 0 saturated heterocycles. The number of alkyl halides is 1. The van der Waals surface area contributed by atoms with Gasteiger partial charge in [-0.05, 0) is 24.1 Å². The Labute approximate surface area is 126 Å². The van der Waals surface area contributed by atoms with E-state index in [1.807, 2.05) is 13.8 Å².